The number of hydrogen-bond donors (Lipinski definition) is 1. The van der Waals surface area contributed by atoms with Gasteiger partial charge < -0.3 is 10.2 Å². The summed E-state index contributed by atoms with van der Waals surface area (Å²) in [4.78, 5) is 2.66. The second-order valence-electron chi connectivity index (χ2n) is 5.51. The maximum Gasteiger partial charge on any atom is 0.00724 e. The van der Waals surface area contributed by atoms with Crippen LogP contribution in [0.15, 0.2) is 0 Å². The average molecular weight is 256 g/mol. The van der Waals surface area contributed by atoms with Gasteiger partial charge in [-0.1, -0.05) is 13.3 Å². The predicted octanol–water partition coefficient (Wildman–Crippen LogP) is 2.59. The Morgan fingerprint density at radius 2 is 1.94 bits per heavy atom. The Morgan fingerprint density at radius 1 is 1.18 bits per heavy atom. The molecule has 3 heteroatoms. The first-order valence-corrected chi connectivity index (χ1v) is 8.48. The van der Waals surface area contributed by atoms with E-state index in [1.54, 1.807) is 0 Å². The van der Waals surface area contributed by atoms with Crippen molar-refractivity contribution in [2.45, 2.75) is 44.3 Å². The molecule has 1 heterocycles. The molecular formula is C14H28N2S. The molecule has 0 bridgehead atoms. The van der Waals surface area contributed by atoms with Crippen LogP contribution >= 0.6 is 11.8 Å². The van der Waals surface area contributed by atoms with Crippen LogP contribution in [0.3, 0.4) is 0 Å². The van der Waals surface area contributed by atoms with Gasteiger partial charge in [-0.05, 0) is 51.2 Å². The van der Waals surface area contributed by atoms with Gasteiger partial charge in [0.25, 0.3) is 0 Å². The smallest absolute Gasteiger partial charge is 0.00724 e. The van der Waals surface area contributed by atoms with E-state index in [9.17, 15) is 0 Å². The van der Waals surface area contributed by atoms with Crippen molar-refractivity contribution in [3.63, 3.8) is 0 Å². The Hall–Kier alpha value is 0.270. The molecule has 100 valence electrons. The highest BCUT2D eigenvalue weighted by Crippen LogP contribution is 2.27. The highest BCUT2D eigenvalue weighted by Gasteiger charge is 2.20. The van der Waals surface area contributed by atoms with Crippen LogP contribution in [-0.2, 0) is 0 Å². The molecule has 2 nitrogen and oxygen atoms in total. The molecule has 0 amide bonds. The van der Waals surface area contributed by atoms with E-state index in [1.807, 2.05) is 0 Å². The van der Waals surface area contributed by atoms with Gasteiger partial charge in [0.15, 0.2) is 0 Å². The molecule has 1 saturated heterocycles. The van der Waals surface area contributed by atoms with Gasteiger partial charge in [-0.25, -0.2) is 0 Å². The molecule has 2 fully saturated rings. The van der Waals surface area contributed by atoms with Gasteiger partial charge in [0, 0.05) is 24.1 Å². The third-order valence-electron chi connectivity index (χ3n) is 4.24. The van der Waals surface area contributed by atoms with Crippen LogP contribution in [0.4, 0.5) is 0 Å². The molecule has 1 N–H and O–H groups in total. The molecule has 0 atom stereocenters. The molecule has 0 unspecified atom stereocenters. The zero-order valence-electron chi connectivity index (χ0n) is 11.3. The van der Waals surface area contributed by atoms with E-state index < -0.39 is 0 Å². The molecule has 17 heavy (non-hydrogen) atoms. The highest BCUT2D eigenvalue weighted by molar-refractivity contribution is 7.99. The lowest BCUT2D eigenvalue weighted by molar-refractivity contribution is 0.192. The molecule has 0 aromatic rings. The van der Waals surface area contributed by atoms with Crippen LogP contribution in [0.25, 0.3) is 0 Å². The topological polar surface area (TPSA) is 15.3 Å². The van der Waals surface area contributed by atoms with Gasteiger partial charge in [0.05, 0.1) is 0 Å². The van der Waals surface area contributed by atoms with Crippen molar-refractivity contribution in [2.75, 3.05) is 38.5 Å². The number of nitrogens with zero attached hydrogens (tertiary/aromatic N) is 1. The molecule has 2 rings (SSSR count). The van der Waals surface area contributed by atoms with Crippen LogP contribution in [0, 0.1) is 5.92 Å². The van der Waals surface area contributed by atoms with Crippen LogP contribution in [0.1, 0.15) is 39.0 Å². The fourth-order valence-electron chi connectivity index (χ4n) is 2.73. The first-order chi connectivity index (χ1) is 8.38. The van der Waals surface area contributed by atoms with Gasteiger partial charge >= 0.3 is 0 Å². The minimum absolute atomic E-state index is 0.929. The molecule has 0 spiro atoms. The molecule has 0 aromatic heterocycles. The summed E-state index contributed by atoms with van der Waals surface area (Å²) in [5.74, 6) is 2.37. The zero-order valence-corrected chi connectivity index (χ0v) is 12.1. The number of hydrogen-bond acceptors (Lipinski definition) is 3. The molecule has 0 radical (unpaired) electrons. The van der Waals surface area contributed by atoms with Crippen molar-refractivity contribution in [1.29, 1.82) is 0 Å². The first kappa shape index (κ1) is 13.7. The minimum Gasteiger partial charge on any atom is -0.317 e. The highest BCUT2D eigenvalue weighted by atomic mass is 32.2. The van der Waals surface area contributed by atoms with Gasteiger partial charge in [-0.3, -0.25) is 0 Å². The molecule has 2 aliphatic rings. The predicted molar refractivity (Wildman–Crippen MR) is 77.8 cm³/mol. The van der Waals surface area contributed by atoms with E-state index in [1.165, 1.54) is 70.6 Å². The minimum atomic E-state index is 0.929. The summed E-state index contributed by atoms with van der Waals surface area (Å²) < 4.78 is 0. The summed E-state index contributed by atoms with van der Waals surface area (Å²) in [7, 11) is 0. The quantitative estimate of drug-likeness (QED) is 0.754. The van der Waals surface area contributed by atoms with E-state index in [4.69, 9.17) is 0 Å². The second-order valence-corrected chi connectivity index (χ2v) is 6.92. The van der Waals surface area contributed by atoms with Gasteiger partial charge in [0.2, 0.25) is 0 Å². The standard InChI is InChI=1S/C14H28N2S/c1-2-16(12-13-4-3-5-13)10-11-17-14-6-8-15-9-7-14/h13-15H,2-12H2,1H3. The van der Waals surface area contributed by atoms with E-state index >= 15 is 0 Å². The van der Waals surface area contributed by atoms with Gasteiger partial charge in [-0.2, -0.15) is 11.8 Å². The fourth-order valence-corrected chi connectivity index (χ4v) is 4.00. The van der Waals surface area contributed by atoms with Gasteiger partial charge in [-0.15, -0.1) is 0 Å². The summed E-state index contributed by atoms with van der Waals surface area (Å²) in [6.07, 6.45) is 7.20. The van der Waals surface area contributed by atoms with Crippen molar-refractivity contribution in [3.05, 3.63) is 0 Å². The summed E-state index contributed by atoms with van der Waals surface area (Å²) in [5, 5.41) is 4.37. The average Bonchev–Trinajstić information content (AvgIpc) is 2.32. The summed E-state index contributed by atoms with van der Waals surface area (Å²) >= 11 is 2.21. The van der Waals surface area contributed by atoms with Crippen LogP contribution in [-0.4, -0.2) is 48.6 Å². The maximum atomic E-state index is 3.44. The van der Waals surface area contributed by atoms with Gasteiger partial charge in [0.1, 0.15) is 0 Å². The SMILES string of the molecule is CCN(CCSC1CCNCC1)CC1CCC1. The van der Waals surface area contributed by atoms with Crippen LogP contribution < -0.4 is 5.32 Å². The van der Waals surface area contributed by atoms with Crippen molar-refractivity contribution < 1.29 is 0 Å². The summed E-state index contributed by atoms with van der Waals surface area (Å²) in [6.45, 7) is 8.69. The second kappa shape index (κ2) is 7.65. The van der Waals surface area contributed by atoms with Crippen LogP contribution in [0.5, 0.6) is 0 Å². The van der Waals surface area contributed by atoms with E-state index in [0.29, 0.717) is 0 Å². The maximum absolute atomic E-state index is 3.44. The molecule has 0 aromatic carbocycles. The number of rotatable bonds is 7. The Morgan fingerprint density at radius 3 is 2.53 bits per heavy atom. The monoisotopic (exact) mass is 256 g/mol. The first-order valence-electron chi connectivity index (χ1n) is 7.43. The van der Waals surface area contributed by atoms with Crippen molar-refractivity contribution in [1.82, 2.24) is 10.2 Å². The number of piperidine rings is 1. The Kier molecular flexibility index (Phi) is 6.16. The molecule has 1 aliphatic heterocycles. The van der Waals surface area contributed by atoms with E-state index in [-0.39, 0.29) is 0 Å². The largest absolute Gasteiger partial charge is 0.317 e. The molecule has 1 aliphatic carbocycles. The van der Waals surface area contributed by atoms with Crippen molar-refractivity contribution >= 4 is 11.8 Å². The van der Waals surface area contributed by atoms with E-state index in [2.05, 4.69) is 28.9 Å². The fraction of sp³-hybridized carbons (Fsp3) is 1.00. The summed E-state index contributed by atoms with van der Waals surface area (Å²) in [5.41, 5.74) is 0. The lowest BCUT2D eigenvalue weighted by atomic mass is 9.85. The lowest BCUT2D eigenvalue weighted by Crippen LogP contribution is -2.35. The molecular weight excluding hydrogens is 228 g/mol. The number of nitrogens with one attached hydrogen (secondary N) is 1. The Labute approximate surface area is 111 Å². The number of thioether (sulfide) groups is 1. The van der Waals surface area contributed by atoms with Crippen LogP contribution in [0.2, 0.25) is 0 Å². The van der Waals surface area contributed by atoms with Crippen molar-refractivity contribution in [2.24, 2.45) is 5.92 Å². The van der Waals surface area contributed by atoms with E-state index in [0.717, 1.165) is 11.2 Å². The Bertz CT molecular complexity index is 200. The van der Waals surface area contributed by atoms with Crippen molar-refractivity contribution in [3.8, 4) is 0 Å². The lowest BCUT2D eigenvalue weighted by Gasteiger charge is -2.32. The molecule has 1 saturated carbocycles. The third-order valence-corrected chi connectivity index (χ3v) is 5.60. The Balaban J connectivity index is 1.55. The summed E-state index contributed by atoms with van der Waals surface area (Å²) in [6, 6.07) is 0. The zero-order chi connectivity index (χ0) is 11.9. The third kappa shape index (κ3) is 4.80. The normalized spacial score (nSPS) is 22.9.